The fourth-order valence-corrected chi connectivity index (χ4v) is 2.34. The van der Waals surface area contributed by atoms with E-state index in [4.69, 9.17) is 0 Å². The predicted octanol–water partition coefficient (Wildman–Crippen LogP) is 3.86. The third-order valence-corrected chi connectivity index (χ3v) is 3.11. The van der Waals surface area contributed by atoms with Gasteiger partial charge in [0, 0.05) is 0 Å². The average Bonchev–Trinajstić information content (AvgIpc) is 2.69. The first-order chi connectivity index (χ1) is 5.29. The van der Waals surface area contributed by atoms with Gasteiger partial charge in [-0.3, -0.25) is 0 Å². The van der Waals surface area contributed by atoms with Crippen molar-refractivity contribution >= 4 is 0 Å². The van der Waals surface area contributed by atoms with Gasteiger partial charge in [-0.2, -0.15) is 0 Å². The molecule has 0 aromatic rings. The molecule has 0 N–H and O–H groups in total. The maximum Gasteiger partial charge on any atom is -0.0357 e. The Morgan fingerprint density at radius 2 is 2.00 bits per heavy atom. The number of hydrogen-bond acceptors (Lipinski definition) is 0. The van der Waals surface area contributed by atoms with Crippen LogP contribution in [-0.4, -0.2) is 0 Å². The summed E-state index contributed by atoms with van der Waals surface area (Å²) >= 11 is 0. The molecule has 0 heterocycles. The average molecular weight is 154 g/mol. The van der Waals surface area contributed by atoms with E-state index in [1.165, 1.54) is 32.1 Å². The fraction of sp³-hybridized carbons (Fsp3) is 1.00. The first-order valence-corrected chi connectivity index (χ1v) is 5.29. The van der Waals surface area contributed by atoms with Gasteiger partial charge in [0.25, 0.3) is 0 Å². The summed E-state index contributed by atoms with van der Waals surface area (Å²) < 4.78 is 0. The Labute approximate surface area is 71.4 Å². The molecule has 3 atom stereocenters. The lowest BCUT2D eigenvalue weighted by Gasteiger charge is -2.08. The van der Waals surface area contributed by atoms with Crippen molar-refractivity contribution in [1.82, 2.24) is 0 Å². The summed E-state index contributed by atoms with van der Waals surface area (Å²) in [6, 6.07) is 0. The molecule has 0 aromatic carbocycles. The van der Waals surface area contributed by atoms with Gasteiger partial charge in [-0.05, 0) is 24.2 Å². The molecule has 0 spiro atoms. The van der Waals surface area contributed by atoms with Crippen LogP contribution in [0.3, 0.4) is 0 Å². The van der Waals surface area contributed by atoms with Gasteiger partial charge in [0.15, 0.2) is 0 Å². The van der Waals surface area contributed by atoms with E-state index in [0.717, 1.165) is 17.8 Å². The highest BCUT2D eigenvalue weighted by Crippen LogP contribution is 2.48. The van der Waals surface area contributed by atoms with E-state index in [-0.39, 0.29) is 0 Å². The first kappa shape index (κ1) is 9.09. The highest BCUT2D eigenvalue weighted by Gasteiger charge is 2.38. The van der Waals surface area contributed by atoms with E-state index < -0.39 is 0 Å². The second-order valence-electron chi connectivity index (χ2n) is 4.21. The van der Waals surface area contributed by atoms with Gasteiger partial charge in [0.2, 0.25) is 0 Å². The Hall–Kier alpha value is 0. The minimum Gasteiger partial charge on any atom is -0.0654 e. The third kappa shape index (κ3) is 2.50. The van der Waals surface area contributed by atoms with E-state index >= 15 is 0 Å². The fourth-order valence-electron chi connectivity index (χ4n) is 2.34. The second-order valence-corrected chi connectivity index (χ2v) is 4.21. The number of hydrogen-bond donors (Lipinski definition) is 0. The summed E-state index contributed by atoms with van der Waals surface area (Å²) in [6.07, 6.45) is 7.23. The molecule has 0 radical (unpaired) electrons. The smallest absolute Gasteiger partial charge is 0.0357 e. The lowest BCUT2D eigenvalue weighted by atomic mass is 9.98. The van der Waals surface area contributed by atoms with Crippen molar-refractivity contribution in [2.45, 2.75) is 52.9 Å². The van der Waals surface area contributed by atoms with Gasteiger partial charge in [-0.1, -0.05) is 46.5 Å². The molecule has 1 rings (SSSR count). The van der Waals surface area contributed by atoms with E-state index in [9.17, 15) is 0 Å². The maximum absolute atomic E-state index is 2.43. The molecule has 1 saturated carbocycles. The summed E-state index contributed by atoms with van der Waals surface area (Å²) in [5, 5.41) is 0. The standard InChI is InChI=1S/C11H22/c1-4-6-9(3)11-8-10(11)7-5-2/h9-11H,4-8H2,1-3H3. The zero-order valence-electron chi connectivity index (χ0n) is 8.27. The predicted molar refractivity (Wildman–Crippen MR) is 50.6 cm³/mol. The quantitative estimate of drug-likeness (QED) is 0.564. The Morgan fingerprint density at radius 1 is 1.27 bits per heavy atom. The molecule has 3 unspecified atom stereocenters. The Balaban J connectivity index is 2.10. The van der Waals surface area contributed by atoms with Crippen LogP contribution in [0.15, 0.2) is 0 Å². The molecule has 1 aliphatic rings. The van der Waals surface area contributed by atoms with Gasteiger partial charge in [-0.25, -0.2) is 0 Å². The third-order valence-electron chi connectivity index (χ3n) is 3.11. The van der Waals surface area contributed by atoms with Crippen molar-refractivity contribution < 1.29 is 0 Å². The molecule has 0 amide bonds. The Kier molecular flexibility index (Phi) is 3.42. The van der Waals surface area contributed by atoms with E-state index in [1.807, 2.05) is 0 Å². The molecule has 0 heteroatoms. The summed E-state index contributed by atoms with van der Waals surface area (Å²) in [6.45, 7) is 7.04. The molecule has 0 aliphatic heterocycles. The minimum atomic E-state index is 1.01. The SMILES string of the molecule is CCCC(C)C1CC1CCC. The zero-order valence-corrected chi connectivity index (χ0v) is 8.27. The summed E-state index contributed by atoms with van der Waals surface area (Å²) in [7, 11) is 0. The Bertz CT molecular complexity index is 107. The van der Waals surface area contributed by atoms with Crippen molar-refractivity contribution in [3.63, 3.8) is 0 Å². The summed E-state index contributed by atoms with van der Waals surface area (Å²) in [5.41, 5.74) is 0. The van der Waals surface area contributed by atoms with Crippen LogP contribution in [0.2, 0.25) is 0 Å². The molecule has 0 nitrogen and oxygen atoms in total. The number of rotatable bonds is 5. The molecule has 1 fully saturated rings. The molecular weight excluding hydrogens is 132 g/mol. The van der Waals surface area contributed by atoms with E-state index in [1.54, 1.807) is 0 Å². The zero-order chi connectivity index (χ0) is 8.27. The van der Waals surface area contributed by atoms with Crippen molar-refractivity contribution in [2.24, 2.45) is 17.8 Å². The summed E-state index contributed by atoms with van der Waals surface area (Å²) in [4.78, 5) is 0. The van der Waals surface area contributed by atoms with Gasteiger partial charge in [0.05, 0.1) is 0 Å². The molecule has 1 aliphatic carbocycles. The normalized spacial score (nSPS) is 31.9. The van der Waals surface area contributed by atoms with Crippen LogP contribution in [-0.2, 0) is 0 Å². The molecule has 11 heavy (non-hydrogen) atoms. The molecule has 0 saturated heterocycles. The van der Waals surface area contributed by atoms with Crippen LogP contribution < -0.4 is 0 Å². The van der Waals surface area contributed by atoms with Gasteiger partial charge < -0.3 is 0 Å². The van der Waals surface area contributed by atoms with Crippen LogP contribution in [0.4, 0.5) is 0 Å². The highest BCUT2D eigenvalue weighted by atomic mass is 14.4. The van der Waals surface area contributed by atoms with Gasteiger partial charge in [-0.15, -0.1) is 0 Å². The minimum absolute atomic E-state index is 1.01. The van der Waals surface area contributed by atoms with Crippen LogP contribution in [0, 0.1) is 17.8 Å². The Morgan fingerprint density at radius 3 is 2.55 bits per heavy atom. The van der Waals surface area contributed by atoms with Gasteiger partial charge >= 0.3 is 0 Å². The van der Waals surface area contributed by atoms with Crippen molar-refractivity contribution in [3.05, 3.63) is 0 Å². The van der Waals surface area contributed by atoms with Crippen molar-refractivity contribution in [1.29, 1.82) is 0 Å². The van der Waals surface area contributed by atoms with E-state index in [2.05, 4.69) is 20.8 Å². The second kappa shape index (κ2) is 4.13. The van der Waals surface area contributed by atoms with Crippen LogP contribution in [0.5, 0.6) is 0 Å². The van der Waals surface area contributed by atoms with Gasteiger partial charge in [0.1, 0.15) is 0 Å². The largest absolute Gasteiger partial charge is 0.0654 e. The first-order valence-electron chi connectivity index (χ1n) is 5.29. The van der Waals surface area contributed by atoms with Crippen LogP contribution in [0.25, 0.3) is 0 Å². The lowest BCUT2D eigenvalue weighted by Crippen LogP contribution is -1.98. The van der Waals surface area contributed by atoms with Crippen molar-refractivity contribution in [2.75, 3.05) is 0 Å². The van der Waals surface area contributed by atoms with E-state index in [0.29, 0.717) is 0 Å². The topological polar surface area (TPSA) is 0 Å². The molecule has 0 aromatic heterocycles. The summed E-state index contributed by atoms with van der Waals surface area (Å²) in [5.74, 6) is 3.23. The molecule has 0 bridgehead atoms. The highest BCUT2D eigenvalue weighted by molar-refractivity contribution is 4.88. The molecular formula is C11H22. The monoisotopic (exact) mass is 154 g/mol. The van der Waals surface area contributed by atoms with Crippen LogP contribution >= 0.6 is 0 Å². The van der Waals surface area contributed by atoms with Crippen LogP contribution in [0.1, 0.15) is 52.9 Å². The maximum atomic E-state index is 2.43. The van der Waals surface area contributed by atoms with Crippen molar-refractivity contribution in [3.8, 4) is 0 Å². The molecule has 66 valence electrons. The lowest BCUT2D eigenvalue weighted by molar-refractivity contribution is 0.429.